The Bertz CT molecular complexity index is 296. The Kier molecular flexibility index (Phi) is 7.18. The molecule has 0 aromatic heterocycles. The highest BCUT2D eigenvalue weighted by Gasteiger charge is 2.29. The number of Topliss-reactive ketones (excluding diaryl/α,β-unsaturated/α-hetero) is 1. The zero-order chi connectivity index (χ0) is 15.1. The molecule has 0 fully saturated rings. The zero-order valence-electron chi connectivity index (χ0n) is 11.9. The van der Waals surface area contributed by atoms with Crippen molar-refractivity contribution in [3.63, 3.8) is 0 Å². The Hall–Kier alpha value is -0.980. The van der Waals surface area contributed by atoms with Crippen molar-refractivity contribution < 1.29 is 24.9 Å². The molecule has 19 heavy (non-hydrogen) atoms. The normalized spacial score (nSPS) is 12.3. The van der Waals surface area contributed by atoms with Crippen molar-refractivity contribution in [3.05, 3.63) is 0 Å². The van der Waals surface area contributed by atoms with Crippen LogP contribution in [0.5, 0.6) is 0 Å². The second-order valence-electron chi connectivity index (χ2n) is 5.83. The van der Waals surface area contributed by atoms with Gasteiger partial charge < -0.3 is 20.6 Å². The van der Waals surface area contributed by atoms with E-state index in [1.807, 2.05) is 20.8 Å². The summed E-state index contributed by atoms with van der Waals surface area (Å²) < 4.78 is 0. The van der Waals surface area contributed by atoms with E-state index in [0.29, 0.717) is 12.8 Å². The van der Waals surface area contributed by atoms with Crippen LogP contribution in [-0.4, -0.2) is 52.4 Å². The molecule has 6 heteroatoms. The molecule has 0 heterocycles. The minimum absolute atomic E-state index is 0.0815. The van der Waals surface area contributed by atoms with Crippen LogP contribution < -0.4 is 5.32 Å². The van der Waals surface area contributed by atoms with Crippen LogP contribution in [0.25, 0.3) is 0 Å². The fourth-order valence-electron chi connectivity index (χ4n) is 1.41. The predicted octanol–water partition coefficient (Wildman–Crippen LogP) is -0.396. The van der Waals surface area contributed by atoms with Crippen molar-refractivity contribution in [1.82, 2.24) is 5.32 Å². The van der Waals surface area contributed by atoms with Gasteiger partial charge in [0.25, 0.3) is 0 Å². The molecular formula is C13H25NO5. The molecule has 0 radical (unpaired) electrons. The van der Waals surface area contributed by atoms with Crippen LogP contribution in [0.1, 0.15) is 40.0 Å². The largest absolute Gasteiger partial charge is 0.394 e. The fourth-order valence-corrected chi connectivity index (χ4v) is 1.41. The summed E-state index contributed by atoms with van der Waals surface area (Å²) in [6.45, 7) is 3.82. The van der Waals surface area contributed by atoms with E-state index in [1.165, 1.54) is 0 Å². The molecular weight excluding hydrogens is 250 g/mol. The molecule has 4 N–H and O–H groups in total. The Morgan fingerprint density at radius 2 is 1.42 bits per heavy atom. The van der Waals surface area contributed by atoms with Crippen LogP contribution in [0.3, 0.4) is 0 Å². The number of hydrogen-bond acceptors (Lipinski definition) is 5. The Balaban J connectivity index is 4.17. The number of aliphatic hydroxyl groups excluding tert-OH is 3. The molecule has 0 saturated heterocycles. The minimum Gasteiger partial charge on any atom is -0.394 e. The van der Waals surface area contributed by atoms with Crippen LogP contribution in [0, 0.1) is 5.41 Å². The van der Waals surface area contributed by atoms with E-state index in [-0.39, 0.29) is 12.2 Å². The van der Waals surface area contributed by atoms with Crippen molar-refractivity contribution >= 4 is 11.7 Å². The maximum atomic E-state index is 11.6. The number of nitrogens with one attached hydrogen (secondary N) is 1. The standard InChI is InChI=1S/C13H25NO5/c1-12(2,3)10(18)5-4-6-11(19)14-13(7-15,8-16)9-17/h15-17H,4-9H2,1-3H3,(H,14,19). The zero-order valence-corrected chi connectivity index (χ0v) is 11.9. The van der Waals surface area contributed by atoms with Crippen LogP contribution in [0.4, 0.5) is 0 Å². The first-order valence-corrected chi connectivity index (χ1v) is 6.37. The maximum Gasteiger partial charge on any atom is 0.220 e. The Morgan fingerprint density at radius 1 is 0.947 bits per heavy atom. The number of carbonyl (C=O) groups excluding carboxylic acids is 2. The molecule has 0 rings (SSSR count). The van der Waals surface area contributed by atoms with E-state index in [2.05, 4.69) is 5.32 Å². The molecule has 0 aromatic carbocycles. The third kappa shape index (κ3) is 6.13. The smallest absolute Gasteiger partial charge is 0.220 e. The number of ketones is 1. The first kappa shape index (κ1) is 18.0. The highest BCUT2D eigenvalue weighted by molar-refractivity contribution is 5.84. The van der Waals surface area contributed by atoms with E-state index in [0.717, 1.165) is 0 Å². The lowest BCUT2D eigenvalue weighted by atomic mass is 9.88. The molecule has 0 bridgehead atoms. The first-order chi connectivity index (χ1) is 8.70. The number of amides is 1. The molecule has 1 amide bonds. The summed E-state index contributed by atoms with van der Waals surface area (Å²) in [5, 5.41) is 29.6. The summed E-state index contributed by atoms with van der Waals surface area (Å²) in [4.78, 5) is 23.3. The highest BCUT2D eigenvalue weighted by Crippen LogP contribution is 2.18. The van der Waals surface area contributed by atoms with Crippen LogP contribution in [0.15, 0.2) is 0 Å². The second-order valence-corrected chi connectivity index (χ2v) is 5.83. The van der Waals surface area contributed by atoms with Gasteiger partial charge in [-0.05, 0) is 6.42 Å². The highest BCUT2D eigenvalue weighted by atomic mass is 16.3. The van der Waals surface area contributed by atoms with Gasteiger partial charge in [0.05, 0.1) is 19.8 Å². The Morgan fingerprint density at radius 3 is 1.79 bits per heavy atom. The molecule has 6 nitrogen and oxygen atoms in total. The third-order valence-corrected chi connectivity index (χ3v) is 2.96. The molecule has 0 aliphatic carbocycles. The average Bonchev–Trinajstić information content (AvgIpc) is 2.35. The van der Waals surface area contributed by atoms with Crippen LogP contribution in [-0.2, 0) is 9.59 Å². The van der Waals surface area contributed by atoms with Gasteiger partial charge in [-0.15, -0.1) is 0 Å². The monoisotopic (exact) mass is 275 g/mol. The van der Waals surface area contributed by atoms with Gasteiger partial charge in [-0.1, -0.05) is 20.8 Å². The number of carbonyl (C=O) groups is 2. The average molecular weight is 275 g/mol. The first-order valence-electron chi connectivity index (χ1n) is 6.37. The lowest BCUT2D eigenvalue weighted by molar-refractivity contribution is -0.127. The van der Waals surface area contributed by atoms with E-state index >= 15 is 0 Å². The summed E-state index contributed by atoms with van der Waals surface area (Å²) in [6, 6.07) is 0. The van der Waals surface area contributed by atoms with Gasteiger partial charge in [-0.25, -0.2) is 0 Å². The summed E-state index contributed by atoms with van der Waals surface area (Å²) in [6.07, 6.45) is 0.825. The quantitative estimate of drug-likeness (QED) is 0.482. The number of rotatable bonds is 8. The van der Waals surface area contributed by atoms with Crippen molar-refractivity contribution in [3.8, 4) is 0 Å². The minimum atomic E-state index is -1.40. The summed E-state index contributed by atoms with van der Waals surface area (Å²) in [5.41, 5.74) is -1.81. The summed E-state index contributed by atoms with van der Waals surface area (Å²) in [7, 11) is 0. The number of hydrogen-bond donors (Lipinski definition) is 4. The molecule has 0 aliphatic rings. The molecule has 0 atom stereocenters. The third-order valence-electron chi connectivity index (χ3n) is 2.96. The number of aliphatic hydroxyl groups is 3. The maximum absolute atomic E-state index is 11.6. The molecule has 0 unspecified atom stereocenters. The van der Waals surface area contributed by atoms with Crippen molar-refractivity contribution in [2.24, 2.45) is 5.41 Å². The van der Waals surface area contributed by atoms with Crippen molar-refractivity contribution in [1.29, 1.82) is 0 Å². The molecule has 0 aliphatic heterocycles. The van der Waals surface area contributed by atoms with E-state index in [1.54, 1.807) is 0 Å². The van der Waals surface area contributed by atoms with E-state index in [9.17, 15) is 9.59 Å². The van der Waals surface area contributed by atoms with Gasteiger partial charge in [0.2, 0.25) is 5.91 Å². The van der Waals surface area contributed by atoms with Gasteiger partial charge in [0.1, 0.15) is 11.3 Å². The van der Waals surface area contributed by atoms with Gasteiger partial charge in [-0.2, -0.15) is 0 Å². The van der Waals surface area contributed by atoms with E-state index < -0.39 is 36.7 Å². The fraction of sp³-hybridized carbons (Fsp3) is 0.846. The van der Waals surface area contributed by atoms with Gasteiger partial charge in [0.15, 0.2) is 0 Å². The lowest BCUT2D eigenvalue weighted by Gasteiger charge is -2.28. The van der Waals surface area contributed by atoms with Crippen LogP contribution in [0.2, 0.25) is 0 Å². The van der Waals surface area contributed by atoms with E-state index in [4.69, 9.17) is 15.3 Å². The van der Waals surface area contributed by atoms with Gasteiger partial charge >= 0.3 is 0 Å². The molecule has 0 aromatic rings. The lowest BCUT2D eigenvalue weighted by Crippen LogP contribution is -2.57. The second kappa shape index (κ2) is 7.57. The van der Waals surface area contributed by atoms with Crippen molar-refractivity contribution in [2.45, 2.75) is 45.6 Å². The molecule has 0 saturated carbocycles. The summed E-state index contributed by atoms with van der Waals surface area (Å²) >= 11 is 0. The van der Waals surface area contributed by atoms with Gasteiger partial charge in [-0.3, -0.25) is 9.59 Å². The van der Waals surface area contributed by atoms with Crippen LogP contribution >= 0.6 is 0 Å². The topological polar surface area (TPSA) is 107 Å². The Labute approximate surface area is 113 Å². The molecule has 112 valence electrons. The summed E-state index contributed by atoms with van der Waals surface area (Å²) in [5.74, 6) is -0.322. The molecule has 0 spiro atoms. The van der Waals surface area contributed by atoms with Crippen molar-refractivity contribution in [2.75, 3.05) is 19.8 Å². The predicted molar refractivity (Wildman–Crippen MR) is 70.4 cm³/mol. The SMILES string of the molecule is CC(C)(C)C(=O)CCCC(=O)NC(CO)(CO)CO. The van der Waals surface area contributed by atoms with Gasteiger partial charge in [0, 0.05) is 18.3 Å².